The van der Waals surface area contributed by atoms with Crippen molar-refractivity contribution in [2.75, 3.05) is 0 Å². The van der Waals surface area contributed by atoms with Gasteiger partial charge in [-0.05, 0) is 35.3 Å². The number of rotatable bonds is 4. The third-order valence-corrected chi connectivity index (χ3v) is 3.63. The first-order valence-electron chi connectivity index (χ1n) is 6.15. The van der Waals surface area contributed by atoms with Crippen LogP contribution >= 0.6 is 15.9 Å². The Morgan fingerprint density at radius 2 is 1.74 bits per heavy atom. The van der Waals surface area contributed by atoms with Gasteiger partial charge in [-0.3, -0.25) is 0 Å². The van der Waals surface area contributed by atoms with Crippen molar-refractivity contribution in [2.45, 2.75) is 12.3 Å². The van der Waals surface area contributed by atoms with E-state index in [1.165, 1.54) is 0 Å². The molecule has 2 aromatic rings. The van der Waals surface area contributed by atoms with Crippen molar-refractivity contribution in [1.29, 1.82) is 0 Å². The Bertz CT molecular complexity index is 588. The summed E-state index contributed by atoms with van der Waals surface area (Å²) in [6.07, 6.45) is 6.45. The molecule has 1 heteroatoms. The van der Waals surface area contributed by atoms with E-state index in [0.29, 0.717) is 0 Å². The molecule has 0 saturated carbocycles. The van der Waals surface area contributed by atoms with E-state index in [-0.39, 0.29) is 5.92 Å². The van der Waals surface area contributed by atoms with Crippen LogP contribution in [0.1, 0.15) is 23.5 Å². The molecule has 1 unspecified atom stereocenters. The molecular formula is C18H15Br. The van der Waals surface area contributed by atoms with Crippen LogP contribution in [0.4, 0.5) is 0 Å². The van der Waals surface area contributed by atoms with Gasteiger partial charge < -0.3 is 0 Å². The van der Waals surface area contributed by atoms with Crippen LogP contribution in [0.25, 0.3) is 5.57 Å². The van der Waals surface area contributed by atoms with Crippen molar-refractivity contribution in [3.8, 4) is 12.3 Å². The predicted molar refractivity (Wildman–Crippen MR) is 85.8 cm³/mol. The maximum absolute atomic E-state index is 5.67. The fourth-order valence-electron chi connectivity index (χ4n) is 2.01. The molecule has 2 aromatic carbocycles. The van der Waals surface area contributed by atoms with E-state index in [2.05, 4.69) is 52.7 Å². The molecule has 0 aliphatic heterocycles. The van der Waals surface area contributed by atoms with Gasteiger partial charge in [0.15, 0.2) is 0 Å². The van der Waals surface area contributed by atoms with Gasteiger partial charge >= 0.3 is 0 Å². The number of terminal acetylenes is 1. The SMILES string of the molecule is C#CC(CC(=C)c1ccccc1)c1ccc(Br)cc1. The fraction of sp³-hybridized carbons (Fsp3) is 0.111. The van der Waals surface area contributed by atoms with Gasteiger partial charge in [0.25, 0.3) is 0 Å². The van der Waals surface area contributed by atoms with Crippen molar-refractivity contribution in [1.82, 2.24) is 0 Å². The van der Waals surface area contributed by atoms with E-state index in [1.807, 2.05) is 30.3 Å². The summed E-state index contributed by atoms with van der Waals surface area (Å²) in [6.45, 7) is 4.15. The number of hydrogen-bond acceptors (Lipinski definition) is 0. The van der Waals surface area contributed by atoms with Crippen LogP contribution in [0.15, 0.2) is 65.6 Å². The van der Waals surface area contributed by atoms with Crippen molar-refractivity contribution >= 4 is 21.5 Å². The second kappa shape index (κ2) is 6.41. The molecule has 0 heterocycles. The van der Waals surface area contributed by atoms with E-state index in [9.17, 15) is 0 Å². The molecule has 2 rings (SSSR count). The molecule has 19 heavy (non-hydrogen) atoms. The molecule has 0 bridgehead atoms. The minimum Gasteiger partial charge on any atom is -0.119 e. The number of benzene rings is 2. The average molecular weight is 311 g/mol. The molecule has 94 valence electrons. The lowest BCUT2D eigenvalue weighted by atomic mass is 9.90. The van der Waals surface area contributed by atoms with Gasteiger partial charge in [0.1, 0.15) is 0 Å². The summed E-state index contributed by atoms with van der Waals surface area (Å²) >= 11 is 3.43. The molecule has 0 N–H and O–H groups in total. The summed E-state index contributed by atoms with van der Waals surface area (Å²) in [4.78, 5) is 0. The van der Waals surface area contributed by atoms with Gasteiger partial charge in [-0.25, -0.2) is 0 Å². The highest BCUT2D eigenvalue weighted by Crippen LogP contribution is 2.28. The summed E-state index contributed by atoms with van der Waals surface area (Å²) in [5, 5.41) is 0. The first-order valence-corrected chi connectivity index (χ1v) is 6.95. The average Bonchev–Trinajstić information content (AvgIpc) is 2.46. The van der Waals surface area contributed by atoms with Gasteiger partial charge in [0, 0.05) is 10.4 Å². The Morgan fingerprint density at radius 3 is 2.32 bits per heavy atom. The van der Waals surface area contributed by atoms with Crippen LogP contribution in [0.2, 0.25) is 0 Å². The van der Waals surface area contributed by atoms with Crippen LogP contribution in [0.5, 0.6) is 0 Å². The van der Waals surface area contributed by atoms with Gasteiger partial charge in [-0.2, -0.15) is 0 Å². The minimum absolute atomic E-state index is 0.0702. The van der Waals surface area contributed by atoms with Crippen molar-refractivity contribution in [3.63, 3.8) is 0 Å². The standard InChI is InChI=1S/C18H15Br/c1-3-15(17-9-11-18(19)12-10-17)13-14(2)16-7-5-4-6-8-16/h1,4-12,15H,2,13H2. The van der Waals surface area contributed by atoms with Crippen LogP contribution < -0.4 is 0 Å². The van der Waals surface area contributed by atoms with Gasteiger partial charge in [0.2, 0.25) is 0 Å². The first-order chi connectivity index (χ1) is 9.20. The van der Waals surface area contributed by atoms with Crippen LogP contribution in [0.3, 0.4) is 0 Å². The van der Waals surface area contributed by atoms with Crippen LogP contribution in [-0.2, 0) is 0 Å². The van der Waals surface area contributed by atoms with Crippen LogP contribution in [-0.4, -0.2) is 0 Å². The molecule has 0 amide bonds. The second-order valence-corrected chi connectivity index (χ2v) is 5.36. The number of halogens is 1. The second-order valence-electron chi connectivity index (χ2n) is 4.44. The Hall–Kier alpha value is -1.78. The maximum atomic E-state index is 5.67. The first kappa shape index (κ1) is 13.6. The fourth-order valence-corrected chi connectivity index (χ4v) is 2.27. The summed E-state index contributed by atoms with van der Waals surface area (Å²) in [5.74, 6) is 2.93. The zero-order valence-corrected chi connectivity index (χ0v) is 12.2. The lowest BCUT2D eigenvalue weighted by Crippen LogP contribution is -1.97. The molecule has 0 nitrogen and oxygen atoms in total. The minimum atomic E-state index is 0.0702. The van der Waals surface area contributed by atoms with Crippen molar-refractivity contribution < 1.29 is 0 Å². The molecule has 0 spiro atoms. The highest BCUT2D eigenvalue weighted by Gasteiger charge is 2.11. The van der Waals surface area contributed by atoms with Crippen molar-refractivity contribution in [3.05, 3.63) is 76.8 Å². The quantitative estimate of drug-likeness (QED) is 0.675. The topological polar surface area (TPSA) is 0 Å². The van der Waals surface area contributed by atoms with E-state index < -0.39 is 0 Å². The highest BCUT2D eigenvalue weighted by atomic mass is 79.9. The lowest BCUT2D eigenvalue weighted by molar-refractivity contribution is 0.908. The normalized spacial score (nSPS) is 11.6. The summed E-state index contributed by atoms with van der Waals surface area (Å²) in [6, 6.07) is 18.3. The number of allylic oxidation sites excluding steroid dienone is 1. The molecule has 0 aliphatic carbocycles. The van der Waals surface area contributed by atoms with Gasteiger partial charge in [0.05, 0.1) is 0 Å². The highest BCUT2D eigenvalue weighted by molar-refractivity contribution is 9.10. The molecule has 0 aromatic heterocycles. The zero-order chi connectivity index (χ0) is 13.7. The number of hydrogen-bond donors (Lipinski definition) is 0. The third-order valence-electron chi connectivity index (χ3n) is 3.11. The lowest BCUT2D eigenvalue weighted by Gasteiger charge is -2.13. The third kappa shape index (κ3) is 3.59. The smallest absolute Gasteiger partial charge is 0.0489 e. The molecule has 1 atom stereocenters. The molecular weight excluding hydrogens is 296 g/mol. The maximum Gasteiger partial charge on any atom is 0.0489 e. The Balaban J connectivity index is 2.14. The molecule has 0 fully saturated rings. The Morgan fingerprint density at radius 1 is 1.11 bits per heavy atom. The largest absolute Gasteiger partial charge is 0.119 e. The summed E-state index contributed by atoms with van der Waals surface area (Å²) in [5.41, 5.74) is 3.38. The Labute approximate surface area is 123 Å². The zero-order valence-electron chi connectivity index (χ0n) is 10.6. The van der Waals surface area contributed by atoms with Gasteiger partial charge in [-0.15, -0.1) is 6.42 Å². The summed E-state index contributed by atoms with van der Waals surface area (Å²) < 4.78 is 1.06. The monoisotopic (exact) mass is 310 g/mol. The van der Waals surface area contributed by atoms with E-state index in [0.717, 1.165) is 27.6 Å². The van der Waals surface area contributed by atoms with E-state index in [1.54, 1.807) is 0 Å². The van der Waals surface area contributed by atoms with E-state index >= 15 is 0 Å². The van der Waals surface area contributed by atoms with Gasteiger partial charge in [-0.1, -0.05) is 70.9 Å². The molecule has 0 saturated heterocycles. The van der Waals surface area contributed by atoms with Crippen molar-refractivity contribution in [2.24, 2.45) is 0 Å². The molecule has 0 aliphatic rings. The van der Waals surface area contributed by atoms with E-state index in [4.69, 9.17) is 6.42 Å². The molecule has 0 radical (unpaired) electrons. The predicted octanol–water partition coefficient (Wildman–Crippen LogP) is 5.27. The Kier molecular flexibility index (Phi) is 4.60. The van der Waals surface area contributed by atoms with Crippen LogP contribution in [0, 0.1) is 12.3 Å². The summed E-state index contributed by atoms with van der Waals surface area (Å²) in [7, 11) is 0.